The number of carbonyl (C=O) groups is 1. The van der Waals surface area contributed by atoms with Gasteiger partial charge in [0.15, 0.2) is 0 Å². The second kappa shape index (κ2) is 7.07. The van der Waals surface area contributed by atoms with Crippen LogP contribution in [-0.2, 0) is 0 Å². The Morgan fingerprint density at radius 3 is 2.82 bits per heavy atom. The summed E-state index contributed by atoms with van der Waals surface area (Å²) in [5.41, 5.74) is 3.18. The van der Waals surface area contributed by atoms with E-state index in [2.05, 4.69) is 10.3 Å². The van der Waals surface area contributed by atoms with Crippen molar-refractivity contribution >= 4 is 39.1 Å². The molecule has 2 rings (SSSR count). The van der Waals surface area contributed by atoms with Gasteiger partial charge in [0, 0.05) is 10.6 Å². The first-order valence-electron chi connectivity index (χ1n) is 7.16. The molecule has 0 saturated carbocycles. The van der Waals surface area contributed by atoms with Crippen LogP contribution in [0.2, 0.25) is 0 Å². The van der Waals surface area contributed by atoms with Gasteiger partial charge >= 0.3 is 0 Å². The molecule has 2 aromatic rings. The highest BCUT2D eigenvalue weighted by Crippen LogP contribution is 2.23. The van der Waals surface area contributed by atoms with Crippen LogP contribution in [0, 0.1) is 6.92 Å². The average molecular weight is 335 g/mol. The maximum atomic E-state index is 12.5. The number of nitrogens with zero attached hydrogens (tertiary/aromatic N) is 1. The van der Waals surface area contributed by atoms with E-state index >= 15 is 0 Å². The van der Waals surface area contributed by atoms with E-state index in [1.165, 1.54) is 0 Å². The summed E-state index contributed by atoms with van der Waals surface area (Å²) in [5, 5.41) is 4.57. The van der Waals surface area contributed by atoms with Crippen LogP contribution in [0.15, 0.2) is 40.6 Å². The van der Waals surface area contributed by atoms with Crippen LogP contribution in [0.1, 0.15) is 42.6 Å². The first kappa shape index (κ1) is 16.7. The lowest BCUT2D eigenvalue weighted by Gasteiger charge is -2.12. The van der Waals surface area contributed by atoms with E-state index in [0.29, 0.717) is 22.7 Å². The zero-order valence-electron chi connectivity index (χ0n) is 13.2. The molecular formula is C17H19ClN2OS. The lowest BCUT2D eigenvalue weighted by molar-refractivity contribution is 0.0966. The number of hydrogen-bond donors (Lipinski definition) is 1. The Bertz CT molecular complexity index is 774. The molecular weight excluding hydrogens is 316 g/mol. The van der Waals surface area contributed by atoms with E-state index in [1.807, 2.05) is 45.9 Å². The molecule has 0 radical (unpaired) electrons. The van der Waals surface area contributed by atoms with Crippen molar-refractivity contribution in [2.45, 2.75) is 34.1 Å². The quantitative estimate of drug-likeness (QED) is 0.784. The summed E-state index contributed by atoms with van der Waals surface area (Å²) >= 11 is 7.83. The van der Waals surface area contributed by atoms with Gasteiger partial charge in [-0.05, 0) is 51.0 Å². The molecule has 0 spiro atoms. The molecule has 1 heterocycles. The van der Waals surface area contributed by atoms with Crippen LogP contribution in [0.4, 0.5) is 0 Å². The molecule has 0 atom stereocenters. The number of nitrogens with one attached hydrogen (secondary N) is 1. The predicted molar refractivity (Wildman–Crippen MR) is 94.4 cm³/mol. The van der Waals surface area contributed by atoms with Crippen LogP contribution >= 0.6 is 22.9 Å². The van der Waals surface area contributed by atoms with Gasteiger partial charge in [0.1, 0.15) is 0 Å². The third-order valence-corrected chi connectivity index (χ3v) is 4.79. The van der Waals surface area contributed by atoms with Gasteiger partial charge < -0.3 is 5.32 Å². The number of thiazole rings is 1. The number of amides is 1. The Morgan fingerprint density at radius 2 is 2.18 bits per heavy atom. The summed E-state index contributed by atoms with van der Waals surface area (Å²) in [7, 11) is 0. The van der Waals surface area contributed by atoms with E-state index in [1.54, 1.807) is 17.4 Å². The van der Waals surface area contributed by atoms with Gasteiger partial charge in [-0.25, -0.2) is 4.98 Å². The molecule has 116 valence electrons. The molecule has 5 heteroatoms. The van der Waals surface area contributed by atoms with Crippen LogP contribution < -0.4 is 5.32 Å². The van der Waals surface area contributed by atoms with E-state index in [4.69, 9.17) is 11.6 Å². The largest absolute Gasteiger partial charge is 0.321 e. The number of aryl methyl sites for hydroxylation is 1. The topological polar surface area (TPSA) is 42.0 Å². The summed E-state index contributed by atoms with van der Waals surface area (Å²) in [5.74, 6) is -0.157. The molecule has 0 aliphatic heterocycles. The van der Waals surface area contributed by atoms with Crippen LogP contribution in [-0.4, -0.2) is 10.9 Å². The third kappa shape index (κ3) is 3.57. The van der Waals surface area contributed by atoms with Crippen molar-refractivity contribution in [3.63, 3.8) is 0 Å². The lowest BCUT2D eigenvalue weighted by atomic mass is 10.1. The van der Waals surface area contributed by atoms with Crippen molar-refractivity contribution in [1.29, 1.82) is 0 Å². The Labute approximate surface area is 139 Å². The number of rotatable bonds is 4. The maximum absolute atomic E-state index is 12.5. The maximum Gasteiger partial charge on any atom is 0.255 e. The van der Waals surface area contributed by atoms with Crippen LogP contribution in [0.5, 0.6) is 0 Å². The first-order chi connectivity index (χ1) is 10.5. The van der Waals surface area contributed by atoms with Crippen molar-refractivity contribution in [2.75, 3.05) is 0 Å². The standard InChI is InChI=1S/C17H19ClN2OS/c1-5-10(3)16(13(18)6-2)20-17(21)12-7-8-14-15(9-12)22-11(4)19-14/h5,7-9H,6H2,1-4H3,(H,20,21)/b10-5-,16-13-. The van der Waals surface area contributed by atoms with Gasteiger partial charge in [0.05, 0.1) is 20.9 Å². The summed E-state index contributed by atoms with van der Waals surface area (Å²) in [6, 6.07) is 5.54. The average Bonchev–Trinajstić information content (AvgIpc) is 2.89. The second-order valence-electron chi connectivity index (χ2n) is 4.97. The number of hydrogen-bond acceptors (Lipinski definition) is 3. The van der Waals surface area contributed by atoms with Crippen LogP contribution in [0.3, 0.4) is 0 Å². The molecule has 0 bridgehead atoms. The zero-order chi connectivity index (χ0) is 16.3. The minimum Gasteiger partial charge on any atom is -0.321 e. The molecule has 0 unspecified atom stereocenters. The summed E-state index contributed by atoms with van der Waals surface area (Å²) in [4.78, 5) is 16.9. The normalized spacial score (nSPS) is 13.2. The highest BCUT2D eigenvalue weighted by Gasteiger charge is 2.13. The van der Waals surface area contributed by atoms with Crippen molar-refractivity contribution in [3.05, 3.63) is 51.1 Å². The number of benzene rings is 1. The van der Waals surface area contributed by atoms with Gasteiger partial charge in [-0.1, -0.05) is 24.6 Å². The van der Waals surface area contributed by atoms with Gasteiger partial charge in [-0.2, -0.15) is 0 Å². The molecule has 0 saturated heterocycles. The fourth-order valence-electron chi connectivity index (χ4n) is 2.07. The molecule has 1 N–H and O–H groups in total. The Hall–Kier alpha value is -1.65. The van der Waals surface area contributed by atoms with Crippen LogP contribution in [0.25, 0.3) is 10.2 Å². The van der Waals surface area contributed by atoms with Gasteiger partial charge in [0.25, 0.3) is 5.91 Å². The number of fused-ring (bicyclic) bond motifs is 1. The lowest BCUT2D eigenvalue weighted by Crippen LogP contribution is -2.24. The molecule has 1 amide bonds. The summed E-state index contributed by atoms with van der Waals surface area (Å²) in [6.45, 7) is 7.78. The highest BCUT2D eigenvalue weighted by atomic mass is 35.5. The summed E-state index contributed by atoms with van der Waals surface area (Å²) in [6.07, 6.45) is 2.61. The Morgan fingerprint density at radius 1 is 1.45 bits per heavy atom. The number of carbonyl (C=O) groups excluding carboxylic acids is 1. The SMILES string of the molecule is C/C=C(C)\C(NC(=O)c1ccc2nc(C)sc2c1)=C(\Cl)CC. The van der Waals surface area contributed by atoms with E-state index in [-0.39, 0.29) is 5.91 Å². The minimum absolute atomic E-state index is 0.157. The zero-order valence-corrected chi connectivity index (χ0v) is 14.7. The Kier molecular flexibility index (Phi) is 5.37. The van der Waals surface area contributed by atoms with Crippen molar-refractivity contribution in [1.82, 2.24) is 10.3 Å². The van der Waals surface area contributed by atoms with E-state index < -0.39 is 0 Å². The number of allylic oxidation sites excluding steroid dienone is 3. The van der Waals surface area contributed by atoms with Gasteiger partial charge in [-0.15, -0.1) is 11.3 Å². The molecule has 1 aromatic carbocycles. The molecule has 0 aliphatic rings. The highest BCUT2D eigenvalue weighted by molar-refractivity contribution is 7.18. The van der Waals surface area contributed by atoms with Gasteiger partial charge in [0.2, 0.25) is 0 Å². The van der Waals surface area contributed by atoms with E-state index in [9.17, 15) is 4.79 Å². The third-order valence-electron chi connectivity index (χ3n) is 3.41. The fraction of sp³-hybridized carbons (Fsp3) is 0.294. The molecule has 0 fully saturated rings. The van der Waals surface area contributed by atoms with Crippen molar-refractivity contribution < 1.29 is 4.79 Å². The molecule has 1 aromatic heterocycles. The van der Waals surface area contributed by atoms with Gasteiger partial charge in [-0.3, -0.25) is 4.79 Å². The van der Waals surface area contributed by atoms with E-state index in [0.717, 1.165) is 20.8 Å². The van der Waals surface area contributed by atoms with Crippen molar-refractivity contribution in [2.24, 2.45) is 0 Å². The minimum atomic E-state index is -0.157. The smallest absolute Gasteiger partial charge is 0.255 e. The predicted octanol–water partition coefficient (Wildman–Crippen LogP) is 5.16. The molecule has 3 nitrogen and oxygen atoms in total. The first-order valence-corrected chi connectivity index (χ1v) is 8.36. The molecule has 22 heavy (non-hydrogen) atoms. The second-order valence-corrected chi connectivity index (χ2v) is 6.67. The van der Waals surface area contributed by atoms with Crippen molar-refractivity contribution in [3.8, 4) is 0 Å². The summed E-state index contributed by atoms with van der Waals surface area (Å²) < 4.78 is 1.01. The fourth-order valence-corrected chi connectivity index (χ4v) is 3.13. The molecule has 0 aliphatic carbocycles. The number of halogens is 1. The Balaban J connectivity index is 2.32. The number of aromatic nitrogens is 1. The monoisotopic (exact) mass is 334 g/mol.